The molecule has 0 heterocycles. The van der Waals surface area contributed by atoms with Crippen LogP contribution in [0.4, 0.5) is 0 Å². The number of rotatable bonds is 5. The van der Waals surface area contributed by atoms with E-state index in [4.69, 9.17) is 35.4 Å². The van der Waals surface area contributed by atoms with Crippen molar-refractivity contribution in [2.75, 3.05) is 6.54 Å². The minimum Gasteiger partial charge on any atom is -0.362 e. The van der Waals surface area contributed by atoms with Gasteiger partial charge in [0.1, 0.15) is 0 Å². The summed E-state index contributed by atoms with van der Waals surface area (Å²) in [5.41, 5.74) is 2.54. The molecule has 1 aromatic rings. The molecule has 0 aromatic heterocycles. The third-order valence-corrected chi connectivity index (χ3v) is 4.45. The number of nitrogens with one attached hydrogen (secondary N) is 2. The molecule has 0 aliphatic heterocycles. The molecular formula is C16H20Cl2N2S. The Morgan fingerprint density at radius 1 is 1.19 bits per heavy atom. The average Bonchev–Trinajstić information content (AvgIpc) is 2.47. The van der Waals surface area contributed by atoms with Gasteiger partial charge in [-0.05, 0) is 62.0 Å². The van der Waals surface area contributed by atoms with E-state index in [1.54, 1.807) is 11.6 Å². The smallest absolute Gasteiger partial charge is 0.166 e. The molecule has 1 aromatic carbocycles. The van der Waals surface area contributed by atoms with Gasteiger partial charge in [-0.3, -0.25) is 0 Å². The molecule has 0 atom stereocenters. The van der Waals surface area contributed by atoms with Crippen LogP contribution in [-0.2, 0) is 6.54 Å². The first-order valence-corrected chi connectivity index (χ1v) is 8.45. The number of thiocarbonyl (C=S) groups is 1. The van der Waals surface area contributed by atoms with Crippen LogP contribution in [0.3, 0.4) is 0 Å². The average molecular weight is 343 g/mol. The summed E-state index contributed by atoms with van der Waals surface area (Å²) in [5, 5.41) is 8.38. The molecule has 2 rings (SSSR count). The van der Waals surface area contributed by atoms with Crippen molar-refractivity contribution in [1.29, 1.82) is 0 Å². The number of halogens is 2. The quantitative estimate of drug-likeness (QED) is 0.590. The fourth-order valence-electron chi connectivity index (χ4n) is 2.37. The van der Waals surface area contributed by atoms with Gasteiger partial charge in [0.25, 0.3) is 0 Å². The van der Waals surface area contributed by atoms with Crippen LogP contribution < -0.4 is 10.6 Å². The maximum atomic E-state index is 6.12. The van der Waals surface area contributed by atoms with E-state index in [2.05, 4.69) is 16.7 Å². The summed E-state index contributed by atoms with van der Waals surface area (Å²) in [4.78, 5) is 0. The van der Waals surface area contributed by atoms with Gasteiger partial charge in [-0.1, -0.05) is 40.9 Å². The third-order valence-electron chi connectivity index (χ3n) is 3.57. The lowest BCUT2D eigenvalue weighted by atomic mass is 9.97. The molecule has 0 fully saturated rings. The second-order valence-corrected chi connectivity index (χ2v) is 6.46. The lowest BCUT2D eigenvalue weighted by Crippen LogP contribution is -2.35. The van der Waals surface area contributed by atoms with E-state index in [9.17, 15) is 0 Å². The van der Waals surface area contributed by atoms with Gasteiger partial charge in [0, 0.05) is 23.1 Å². The molecular weight excluding hydrogens is 323 g/mol. The molecule has 0 saturated carbocycles. The highest BCUT2D eigenvalue weighted by Gasteiger charge is 2.05. The third kappa shape index (κ3) is 5.85. The zero-order valence-corrected chi connectivity index (χ0v) is 14.3. The number of hydrogen-bond donors (Lipinski definition) is 2. The largest absolute Gasteiger partial charge is 0.362 e. The fourth-order valence-corrected chi connectivity index (χ4v) is 3.02. The van der Waals surface area contributed by atoms with Crippen LogP contribution in [0.15, 0.2) is 29.8 Å². The summed E-state index contributed by atoms with van der Waals surface area (Å²) < 4.78 is 0. The Morgan fingerprint density at radius 2 is 2.05 bits per heavy atom. The first kappa shape index (κ1) is 16.6. The van der Waals surface area contributed by atoms with Crippen molar-refractivity contribution in [1.82, 2.24) is 10.6 Å². The summed E-state index contributed by atoms with van der Waals surface area (Å²) in [7, 11) is 0. The zero-order valence-electron chi connectivity index (χ0n) is 11.9. The maximum Gasteiger partial charge on any atom is 0.166 e. The monoisotopic (exact) mass is 342 g/mol. The lowest BCUT2D eigenvalue weighted by molar-refractivity contribution is 0.667. The Bertz CT molecular complexity index is 529. The predicted molar refractivity (Wildman–Crippen MR) is 95.1 cm³/mol. The number of hydrogen-bond acceptors (Lipinski definition) is 1. The first-order chi connectivity index (χ1) is 10.1. The summed E-state index contributed by atoms with van der Waals surface area (Å²) in [6.07, 6.45) is 8.57. The van der Waals surface area contributed by atoms with Gasteiger partial charge < -0.3 is 10.6 Å². The summed E-state index contributed by atoms with van der Waals surface area (Å²) in [6.45, 7) is 1.48. The molecule has 2 nitrogen and oxygen atoms in total. The van der Waals surface area contributed by atoms with Crippen molar-refractivity contribution < 1.29 is 0 Å². The van der Waals surface area contributed by atoms with Gasteiger partial charge in [-0.15, -0.1) is 0 Å². The van der Waals surface area contributed by atoms with Crippen molar-refractivity contribution in [3.63, 3.8) is 0 Å². The highest BCUT2D eigenvalue weighted by Crippen LogP contribution is 2.21. The molecule has 0 radical (unpaired) electrons. The Hall–Kier alpha value is -0.770. The van der Waals surface area contributed by atoms with Crippen molar-refractivity contribution in [2.24, 2.45) is 0 Å². The molecule has 1 aliphatic rings. The predicted octanol–water partition coefficient (Wildman–Crippen LogP) is 4.85. The maximum absolute atomic E-state index is 6.12. The van der Waals surface area contributed by atoms with Crippen LogP contribution in [0.1, 0.15) is 37.7 Å². The van der Waals surface area contributed by atoms with Crippen LogP contribution in [0.2, 0.25) is 10.0 Å². The second kappa shape index (κ2) is 8.62. The zero-order chi connectivity index (χ0) is 15.1. The van der Waals surface area contributed by atoms with Gasteiger partial charge in [0.15, 0.2) is 5.11 Å². The second-order valence-electron chi connectivity index (χ2n) is 5.20. The van der Waals surface area contributed by atoms with Crippen LogP contribution >= 0.6 is 35.4 Å². The number of allylic oxidation sites excluding steroid dienone is 1. The normalized spacial score (nSPS) is 14.5. The van der Waals surface area contributed by atoms with E-state index in [-0.39, 0.29) is 0 Å². The summed E-state index contributed by atoms with van der Waals surface area (Å²) in [6, 6.07) is 5.48. The SMILES string of the molecule is S=C(NCCC1=CCCCC1)NCc1ccc(Cl)cc1Cl. The van der Waals surface area contributed by atoms with Gasteiger partial charge in [0.2, 0.25) is 0 Å². The highest BCUT2D eigenvalue weighted by molar-refractivity contribution is 7.80. The summed E-state index contributed by atoms with van der Waals surface area (Å²) >= 11 is 17.3. The van der Waals surface area contributed by atoms with Gasteiger partial charge in [0.05, 0.1) is 0 Å². The van der Waals surface area contributed by atoms with E-state index < -0.39 is 0 Å². The Morgan fingerprint density at radius 3 is 2.76 bits per heavy atom. The molecule has 2 N–H and O–H groups in total. The van der Waals surface area contributed by atoms with Crippen LogP contribution in [0, 0.1) is 0 Å². The van der Waals surface area contributed by atoms with Crippen molar-refractivity contribution in [2.45, 2.75) is 38.6 Å². The fraction of sp³-hybridized carbons (Fsp3) is 0.438. The van der Waals surface area contributed by atoms with E-state index in [0.29, 0.717) is 21.7 Å². The molecule has 21 heavy (non-hydrogen) atoms. The van der Waals surface area contributed by atoms with Gasteiger partial charge >= 0.3 is 0 Å². The Labute approximate surface area is 141 Å². The molecule has 114 valence electrons. The van der Waals surface area contributed by atoms with Crippen LogP contribution in [0.5, 0.6) is 0 Å². The van der Waals surface area contributed by atoms with Crippen LogP contribution in [-0.4, -0.2) is 11.7 Å². The van der Waals surface area contributed by atoms with Crippen molar-refractivity contribution in [3.05, 3.63) is 45.5 Å². The molecule has 0 saturated heterocycles. The summed E-state index contributed by atoms with van der Waals surface area (Å²) in [5.74, 6) is 0. The first-order valence-electron chi connectivity index (χ1n) is 7.28. The van der Waals surface area contributed by atoms with Crippen molar-refractivity contribution in [3.8, 4) is 0 Å². The molecule has 5 heteroatoms. The van der Waals surface area contributed by atoms with E-state index in [1.165, 1.54) is 25.7 Å². The van der Waals surface area contributed by atoms with Gasteiger partial charge in [-0.25, -0.2) is 0 Å². The topological polar surface area (TPSA) is 24.1 Å². The minimum absolute atomic E-state index is 0.602. The molecule has 0 spiro atoms. The van der Waals surface area contributed by atoms with Crippen LogP contribution in [0.25, 0.3) is 0 Å². The molecule has 0 bridgehead atoms. The van der Waals surface area contributed by atoms with E-state index in [1.807, 2.05) is 12.1 Å². The standard InChI is InChI=1S/C16H20Cl2N2S/c17-14-7-6-13(15(18)10-14)11-20-16(21)19-9-8-12-4-2-1-3-5-12/h4,6-7,10H,1-3,5,8-9,11H2,(H2,19,20,21). The minimum atomic E-state index is 0.602. The van der Waals surface area contributed by atoms with Crippen molar-refractivity contribution >= 4 is 40.5 Å². The highest BCUT2D eigenvalue weighted by atomic mass is 35.5. The molecule has 1 aliphatic carbocycles. The van der Waals surface area contributed by atoms with E-state index >= 15 is 0 Å². The number of benzene rings is 1. The van der Waals surface area contributed by atoms with Gasteiger partial charge in [-0.2, -0.15) is 0 Å². The Kier molecular flexibility index (Phi) is 6.81. The molecule has 0 amide bonds. The molecule has 0 unspecified atom stereocenters. The Balaban J connectivity index is 1.68. The van der Waals surface area contributed by atoms with E-state index in [0.717, 1.165) is 18.5 Å². The lowest BCUT2D eigenvalue weighted by Gasteiger charge is -2.15.